The summed E-state index contributed by atoms with van der Waals surface area (Å²) in [4.78, 5) is 12.5. The Morgan fingerprint density at radius 2 is 1.76 bits per heavy atom. The van der Waals surface area contributed by atoms with Crippen LogP contribution in [0.5, 0.6) is 11.5 Å². The fourth-order valence-corrected chi connectivity index (χ4v) is 3.65. The molecular weight excluding hydrogens is 420 g/mol. The van der Waals surface area contributed by atoms with Gasteiger partial charge in [-0.2, -0.15) is 4.72 Å². The standard InChI is InChI=1S/C19H23ClN2O6S/c1-13(22-29(24,25)16-7-4-14(20)5-8-16)19(23)21-15-6-9-17(27-3)18(12-15)28-11-10-26-2/h4-9,12-13,22H,10-11H2,1-3H3,(H,21,23)/t13-/m0/s1. The fraction of sp³-hybridized carbons (Fsp3) is 0.316. The van der Waals surface area contributed by atoms with Gasteiger partial charge in [-0.25, -0.2) is 8.42 Å². The van der Waals surface area contributed by atoms with Gasteiger partial charge in [0.2, 0.25) is 15.9 Å². The molecule has 0 aromatic heterocycles. The Kier molecular flexibility index (Phi) is 8.27. The number of amides is 1. The quantitative estimate of drug-likeness (QED) is 0.548. The summed E-state index contributed by atoms with van der Waals surface area (Å²) in [6, 6.07) is 9.49. The molecule has 0 spiro atoms. The monoisotopic (exact) mass is 442 g/mol. The Morgan fingerprint density at radius 1 is 1.07 bits per heavy atom. The van der Waals surface area contributed by atoms with Crippen LogP contribution in [0.1, 0.15) is 6.92 Å². The lowest BCUT2D eigenvalue weighted by atomic mass is 10.2. The first kappa shape index (κ1) is 23.0. The van der Waals surface area contributed by atoms with E-state index in [9.17, 15) is 13.2 Å². The number of methoxy groups -OCH3 is 2. The van der Waals surface area contributed by atoms with Gasteiger partial charge in [0.1, 0.15) is 6.61 Å². The minimum Gasteiger partial charge on any atom is -0.493 e. The molecule has 0 aliphatic heterocycles. The predicted molar refractivity (Wildman–Crippen MR) is 110 cm³/mol. The van der Waals surface area contributed by atoms with Crippen LogP contribution in [0.4, 0.5) is 5.69 Å². The summed E-state index contributed by atoms with van der Waals surface area (Å²) in [5.74, 6) is 0.392. The molecule has 0 radical (unpaired) electrons. The number of anilines is 1. The number of benzene rings is 2. The van der Waals surface area contributed by atoms with Crippen LogP contribution in [0.3, 0.4) is 0 Å². The Bertz CT molecular complexity index is 934. The van der Waals surface area contributed by atoms with Gasteiger partial charge in [-0.15, -0.1) is 0 Å². The summed E-state index contributed by atoms with van der Waals surface area (Å²) in [5.41, 5.74) is 0.431. The molecule has 2 aromatic rings. The second-order valence-electron chi connectivity index (χ2n) is 5.99. The maximum absolute atomic E-state index is 12.5. The maximum Gasteiger partial charge on any atom is 0.242 e. The van der Waals surface area contributed by atoms with E-state index in [0.29, 0.717) is 35.4 Å². The first-order chi connectivity index (χ1) is 13.8. The van der Waals surface area contributed by atoms with Gasteiger partial charge >= 0.3 is 0 Å². The molecule has 0 heterocycles. The van der Waals surface area contributed by atoms with Crippen LogP contribution in [0, 0.1) is 0 Å². The Labute approximate surface area is 175 Å². The van der Waals surface area contributed by atoms with Crippen molar-refractivity contribution in [2.75, 3.05) is 32.8 Å². The summed E-state index contributed by atoms with van der Waals surface area (Å²) in [6.45, 7) is 2.15. The molecular formula is C19H23ClN2O6S. The lowest BCUT2D eigenvalue weighted by Gasteiger charge is -2.16. The molecule has 1 amide bonds. The van der Waals surface area contributed by atoms with Crippen molar-refractivity contribution in [2.24, 2.45) is 0 Å². The van der Waals surface area contributed by atoms with Crippen molar-refractivity contribution in [3.63, 3.8) is 0 Å². The third kappa shape index (κ3) is 6.60. The predicted octanol–water partition coefficient (Wildman–Crippen LogP) is 2.68. The van der Waals surface area contributed by atoms with E-state index >= 15 is 0 Å². The number of carbonyl (C=O) groups excluding carboxylic acids is 1. The molecule has 0 saturated carbocycles. The van der Waals surface area contributed by atoms with Crippen LogP contribution < -0.4 is 19.5 Å². The highest BCUT2D eigenvalue weighted by Crippen LogP contribution is 2.30. The molecule has 29 heavy (non-hydrogen) atoms. The van der Waals surface area contributed by atoms with Gasteiger partial charge in [0.15, 0.2) is 11.5 Å². The Balaban J connectivity index is 2.06. The number of hydrogen-bond donors (Lipinski definition) is 2. The minimum atomic E-state index is -3.88. The second-order valence-corrected chi connectivity index (χ2v) is 8.14. The van der Waals surface area contributed by atoms with Crippen molar-refractivity contribution in [3.05, 3.63) is 47.5 Å². The summed E-state index contributed by atoms with van der Waals surface area (Å²) in [5, 5.41) is 3.07. The molecule has 0 aliphatic rings. The zero-order chi connectivity index (χ0) is 21.4. The van der Waals surface area contributed by atoms with Gasteiger partial charge in [0, 0.05) is 23.9 Å². The van der Waals surface area contributed by atoms with E-state index < -0.39 is 22.0 Å². The largest absolute Gasteiger partial charge is 0.493 e. The molecule has 1 atom stereocenters. The van der Waals surface area contributed by atoms with E-state index in [2.05, 4.69) is 10.0 Å². The van der Waals surface area contributed by atoms with Crippen molar-refractivity contribution in [3.8, 4) is 11.5 Å². The van der Waals surface area contributed by atoms with Crippen LogP contribution in [0.2, 0.25) is 5.02 Å². The SMILES string of the molecule is COCCOc1cc(NC(=O)[C@H](C)NS(=O)(=O)c2ccc(Cl)cc2)ccc1OC. The number of nitrogens with one attached hydrogen (secondary N) is 2. The van der Waals surface area contributed by atoms with Crippen LogP contribution >= 0.6 is 11.6 Å². The topological polar surface area (TPSA) is 103 Å². The molecule has 10 heteroatoms. The first-order valence-electron chi connectivity index (χ1n) is 8.65. The van der Waals surface area contributed by atoms with E-state index in [1.54, 1.807) is 25.3 Å². The molecule has 2 N–H and O–H groups in total. The molecule has 0 saturated heterocycles. The summed E-state index contributed by atoms with van der Waals surface area (Å²) in [7, 11) is -0.812. The zero-order valence-electron chi connectivity index (χ0n) is 16.3. The van der Waals surface area contributed by atoms with Crippen molar-refractivity contribution >= 4 is 33.2 Å². The second kappa shape index (κ2) is 10.4. The smallest absolute Gasteiger partial charge is 0.242 e. The van der Waals surface area contributed by atoms with Crippen LogP contribution in [-0.2, 0) is 19.6 Å². The Hall–Kier alpha value is -2.33. The molecule has 8 nitrogen and oxygen atoms in total. The van der Waals surface area contributed by atoms with Crippen molar-refractivity contribution in [1.29, 1.82) is 0 Å². The number of hydrogen-bond acceptors (Lipinski definition) is 6. The molecule has 2 aromatic carbocycles. The molecule has 0 fully saturated rings. The van der Waals surface area contributed by atoms with Gasteiger partial charge in [0.25, 0.3) is 0 Å². The molecule has 0 unspecified atom stereocenters. The van der Waals surface area contributed by atoms with E-state index in [-0.39, 0.29) is 4.90 Å². The highest BCUT2D eigenvalue weighted by molar-refractivity contribution is 7.89. The van der Waals surface area contributed by atoms with Crippen molar-refractivity contribution in [1.82, 2.24) is 4.72 Å². The number of sulfonamides is 1. The van der Waals surface area contributed by atoms with Crippen LogP contribution in [-0.4, -0.2) is 47.8 Å². The number of halogens is 1. The van der Waals surface area contributed by atoms with E-state index in [4.69, 9.17) is 25.8 Å². The van der Waals surface area contributed by atoms with Crippen LogP contribution in [0.15, 0.2) is 47.4 Å². The van der Waals surface area contributed by atoms with Gasteiger partial charge in [-0.05, 0) is 43.3 Å². The highest BCUT2D eigenvalue weighted by atomic mass is 35.5. The van der Waals surface area contributed by atoms with E-state index in [1.807, 2.05) is 0 Å². The van der Waals surface area contributed by atoms with Crippen molar-refractivity contribution < 1.29 is 27.4 Å². The molecule has 0 bridgehead atoms. The Morgan fingerprint density at radius 3 is 2.38 bits per heavy atom. The summed E-state index contributed by atoms with van der Waals surface area (Å²) >= 11 is 5.78. The molecule has 0 aliphatic carbocycles. The zero-order valence-corrected chi connectivity index (χ0v) is 17.8. The minimum absolute atomic E-state index is 0.0137. The fourth-order valence-electron chi connectivity index (χ4n) is 2.32. The van der Waals surface area contributed by atoms with Gasteiger partial charge in [-0.1, -0.05) is 11.6 Å². The lowest BCUT2D eigenvalue weighted by Crippen LogP contribution is -2.41. The number of rotatable bonds is 10. The number of carbonyl (C=O) groups is 1. The average molecular weight is 443 g/mol. The molecule has 2 rings (SSSR count). The maximum atomic E-state index is 12.5. The normalized spacial score (nSPS) is 12.3. The summed E-state index contributed by atoms with van der Waals surface area (Å²) in [6.07, 6.45) is 0. The first-order valence-corrected chi connectivity index (χ1v) is 10.5. The summed E-state index contributed by atoms with van der Waals surface area (Å²) < 4.78 is 42.9. The highest BCUT2D eigenvalue weighted by Gasteiger charge is 2.22. The third-order valence-electron chi connectivity index (χ3n) is 3.83. The third-order valence-corrected chi connectivity index (χ3v) is 5.63. The number of ether oxygens (including phenoxy) is 3. The van der Waals surface area contributed by atoms with Gasteiger partial charge in [0.05, 0.1) is 24.7 Å². The molecule has 158 valence electrons. The van der Waals surface area contributed by atoms with Gasteiger partial charge in [-0.3, -0.25) is 4.79 Å². The van der Waals surface area contributed by atoms with Crippen molar-refractivity contribution in [2.45, 2.75) is 17.9 Å². The van der Waals surface area contributed by atoms with Crippen LogP contribution in [0.25, 0.3) is 0 Å². The average Bonchev–Trinajstić information content (AvgIpc) is 2.68. The lowest BCUT2D eigenvalue weighted by molar-refractivity contribution is -0.117. The van der Waals surface area contributed by atoms with E-state index in [1.165, 1.54) is 38.3 Å². The van der Waals surface area contributed by atoms with Gasteiger partial charge < -0.3 is 19.5 Å². The van der Waals surface area contributed by atoms with E-state index in [0.717, 1.165) is 0 Å².